The predicted octanol–water partition coefficient (Wildman–Crippen LogP) is 2.72. The molecule has 0 spiro atoms. The Morgan fingerprint density at radius 3 is 2.47 bits per heavy atom. The van der Waals surface area contributed by atoms with Gasteiger partial charge in [0.2, 0.25) is 0 Å². The molecule has 5 nitrogen and oxygen atoms in total. The fourth-order valence-electron chi connectivity index (χ4n) is 1.95. The Kier molecular flexibility index (Phi) is 3.83. The van der Waals surface area contributed by atoms with Crippen molar-refractivity contribution in [2.24, 2.45) is 0 Å². The first kappa shape index (κ1) is 13.5. The number of rotatable bonds is 4. The van der Waals surface area contributed by atoms with Crippen LogP contribution in [0.3, 0.4) is 0 Å². The standard InChI is InChI=1S/C14H21N5/c1-6-7-15-13-8-14(17-12(5)16-13)19-11(4)9(2)10(3)18-19/h8H,6-7H2,1-5H3,(H,15,16,17). The SMILES string of the molecule is CCCNc1cc(-n2nc(C)c(C)c2C)nc(C)n1. The molecule has 2 aromatic rings. The molecule has 102 valence electrons. The van der Waals surface area contributed by atoms with Crippen LogP contribution in [-0.2, 0) is 0 Å². The smallest absolute Gasteiger partial charge is 0.159 e. The van der Waals surface area contributed by atoms with E-state index >= 15 is 0 Å². The summed E-state index contributed by atoms with van der Waals surface area (Å²) in [4.78, 5) is 8.87. The minimum absolute atomic E-state index is 0.751. The van der Waals surface area contributed by atoms with E-state index in [1.807, 2.05) is 24.6 Å². The third kappa shape index (κ3) is 2.75. The van der Waals surface area contributed by atoms with Crippen molar-refractivity contribution in [2.75, 3.05) is 11.9 Å². The lowest BCUT2D eigenvalue weighted by atomic mass is 10.2. The van der Waals surface area contributed by atoms with Crippen LogP contribution in [0, 0.1) is 27.7 Å². The summed E-state index contributed by atoms with van der Waals surface area (Å²) in [5.41, 5.74) is 3.37. The summed E-state index contributed by atoms with van der Waals surface area (Å²) >= 11 is 0. The lowest BCUT2D eigenvalue weighted by Gasteiger charge is -2.09. The number of hydrogen-bond acceptors (Lipinski definition) is 4. The van der Waals surface area contributed by atoms with Gasteiger partial charge in [-0.05, 0) is 39.7 Å². The van der Waals surface area contributed by atoms with Crippen molar-refractivity contribution in [3.63, 3.8) is 0 Å². The zero-order valence-electron chi connectivity index (χ0n) is 12.3. The molecule has 0 atom stereocenters. The zero-order valence-corrected chi connectivity index (χ0v) is 12.3. The van der Waals surface area contributed by atoms with E-state index in [1.54, 1.807) is 0 Å². The predicted molar refractivity (Wildman–Crippen MR) is 76.9 cm³/mol. The second-order valence-corrected chi connectivity index (χ2v) is 4.79. The normalized spacial score (nSPS) is 10.8. The third-order valence-electron chi connectivity index (χ3n) is 3.25. The van der Waals surface area contributed by atoms with E-state index in [9.17, 15) is 0 Å². The molecule has 5 heteroatoms. The van der Waals surface area contributed by atoms with Gasteiger partial charge in [-0.25, -0.2) is 14.6 Å². The third-order valence-corrected chi connectivity index (χ3v) is 3.25. The maximum absolute atomic E-state index is 4.54. The van der Waals surface area contributed by atoms with E-state index in [2.05, 4.69) is 41.2 Å². The van der Waals surface area contributed by atoms with Crippen LogP contribution >= 0.6 is 0 Å². The Labute approximate surface area is 114 Å². The molecule has 19 heavy (non-hydrogen) atoms. The van der Waals surface area contributed by atoms with Crippen molar-refractivity contribution < 1.29 is 0 Å². The second kappa shape index (κ2) is 5.38. The van der Waals surface area contributed by atoms with Gasteiger partial charge >= 0.3 is 0 Å². The van der Waals surface area contributed by atoms with Crippen molar-refractivity contribution in [1.82, 2.24) is 19.7 Å². The molecule has 1 N–H and O–H groups in total. The Bertz CT molecular complexity index is 586. The molecule has 0 unspecified atom stereocenters. The molecule has 2 rings (SSSR count). The van der Waals surface area contributed by atoms with E-state index < -0.39 is 0 Å². The summed E-state index contributed by atoms with van der Waals surface area (Å²) in [5.74, 6) is 2.43. The summed E-state index contributed by atoms with van der Waals surface area (Å²) in [6.45, 7) is 11.1. The summed E-state index contributed by atoms with van der Waals surface area (Å²) < 4.78 is 1.89. The van der Waals surface area contributed by atoms with Crippen LogP contribution in [0.1, 0.15) is 36.1 Å². The van der Waals surface area contributed by atoms with Gasteiger partial charge in [-0.2, -0.15) is 5.10 Å². The minimum Gasteiger partial charge on any atom is -0.370 e. The lowest BCUT2D eigenvalue weighted by Crippen LogP contribution is -2.08. The molecule has 0 amide bonds. The van der Waals surface area contributed by atoms with Gasteiger partial charge in [0.1, 0.15) is 11.6 Å². The quantitative estimate of drug-likeness (QED) is 0.917. The Balaban J connectivity index is 2.43. The highest BCUT2D eigenvalue weighted by Crippen LogP contribution is 2.17. The first-order valence-electron chi connectivity index (χ1n) is 6.65. The van der Waals surface area contributed by atoms with Gasteiger partial charge in [-0.1, -0.05) is 6.92 Å². The van der Waals surface area contributed by atoms with E-state index in [0.29, 0.717) is 0 Å². The molecule has 0 aliphatic carbocycles. The molecule has 0 radical (unpaired) electrons. The molecule has 2 aromatic heterocycles. The number of nitrogens with zero attached hydrogens (tertiary/aromatic N) is 4. The van der Waals surface area contributed by atoms with E-state index in [-0.39, 0.29) is 0 Å². The molecule has 0 saturated carbocycles. The summed E-state index contributed by atoms with van der Waals surface area (Å²) in [6.07, 6.45) is 1.07. The lowest BCUT2D eigenvalue weighted by molar-refractivity contribution is 0.792. The molecule has 0 saturated heterocycles. The maximum atomic E-state index is 4.54. The second-order valence-electron chi connectivity index (χ2n) is 4.79. The van der Waals surface area contributed by atoms with Gasteiger partial charge in [0, 0.05) is 18.3 Å². The number of hydrogen-bond donors (Lipinski definition) is 1. The van der Waals surface area contributed by atoms with Crippen molar-refractivity contribution in [1.29, 1.82) is 0 Å². The van der Waals surface area contributed by atoms with E-state index in [4.69, 9.17) is 0 Å². The molecule has 0 aliphatic rings. The van der Waals surface area contributed by atoms with Gasteiger partial charge in [0.05, 0.1) is 5.69 Å². The first-order chi connectivity index (χ1) is 9.02. The van der Waals surface area contributed by atoms with Crippen molar-refractivity contribution >= 4 is 5.82 Å². The molecular weight excluding hydrogens is 238 g/mol. The summed E-state index contributed by atoms with van der Waals surface area (Å²) in [5, 5.41) is 7.84. The van der Waals surface area contributed by atoms with Gasteiger partial charge < -0.3 is 5.32 Å². The average molecular weight is 259 g/mol. The molecule has 0 bridgehead atoms. The van der Waals surface area contributed by atoms with E-state index in [0.717, 1.165) is 41.8 Å². The maximum Gasteiger partial charge on any atom is 0.159 e. The highest BCUT2D eigenvalue weighted by molar-refractivity contribution is 5.43. The van der Waals surface area contributed by atoms with Gasteiger partial charge in [0.15, 0.2) is 5.82 Å². The summed E-state index contributed by atoms with van der Waals surface area (Å²) in [7, 11) is 0. The number of aromatic nitrogens is 4. The number of anilines is 1. The number of nitrogens with one attached hydrogen (secondary N) is 1. The highest BCUT2D eigenvalue weighted by atomic mass is 15.3. The van der Waals surface area contributed by atoms with Gasteiger partial charge in [-0.3, -0.25) is 0 Å². The topological polar surface area (TPSA) is 55.6 Å². The Morgan fingerprint density at radius 1 is 1.16 bits per heavy atom. The molecule has 0 fully saturated rings. The van der Waals surface area contributed by atoms with E-state index in [1.165, 1.54) is 5.56 Å². The van der Waals surface area contributed by atoms with Crippen LogP contribution in [0.4, 0.5) is 5.82 Å². The van der Waals surface area contributed by atoms with Crippen molar-refractivity contribution in [2.45, 2.75) is 41.0 Å². The Morgan fingerprint density at radius 2 is 1.89 bits per heavy atom. The van der Waals surface area contributed by atoms with Crippen LogP contribution in [0.2, 0.25) is 0 Å². The highest BCUT2D eigenvalue weighted by Gasteiger charge is 2.11. The van der Waals surface area contributed by atoms with Gasteiger partial charge in [-0.15, -0.1) is 0 Å². The van der Waals surface area contributed by atoms with Crippen molar-refractivity contribution in [3.05, 3.63) is 28.8 Å². The van der Waals surface area contributed by atoms with Crippen molar-refractivity contribution in [3.8, 4) is 5.82 Å². The average Bonchev–Trinajstić information content (AvgIpc) is 2.63. The minimum atomic E-state index is 0.751. The molecule has 0 aliphatic heterocycles. The fraction of sp³-hybridized carbons (Fsp3) is 0.500. The summed E-state index contributed by atoms with van der Waals surface area (Å²) in [6, 6.07) is 1.95. The first-order valence-corrected chi connectivity index (χ1v) is 6.65. The molecule has 2 heterocycles. The van der Waals surface area contributed by atoms with Gasteiger partial charge in [0.25, 0.3) is 0 Å². The monoisotopic (exact) mass is 259 g/mol. The fourth-order valence-corrected chi connectivity index (χ4v) is 1.95. The van der Waals surface area contributed by atoms with Crippen LogP contribution in [-0.4, -0.2) is 26.3 Å². The van der Waals surface area contributed by atoms with Crippen LogP contribution < -0.4 is 5.32 Å². The largest absolute Gasteiger partial charge is 0.370 e. The molecular formula is C14H21N5. The van der Waals surface area contributed by atoms with Crippen LogP contribution in [0.25, 0.3) is 5.82 Å². The Hall–Kier alpha value is -1.91. The zero-order chi connectivity index (χ0) is 14.0. The van der Waals surface area contributed by atoms with Crippen LogP contribution in [0.5, 0.6) is 0 Å². The molecule has 0 aromatic carbocycles. The number of aryl methyl sites for hydroxylation is 2. The van der Waals surface area contributed by atoms with Crippen LogP contribution in [0.15, 0.2) is 6.07 Å².